The molecule has 1 heterocycles. The molecule has 3 aliphatic rings. The van der Waals surface area contributed by atoms with Crippen molar-refractivity contribution in [2.24, 2.45) is 17.8 Å². The number of rotatable bonds is 1. The standard InChI is InChI=1S/C17H23ClO5/c1-8-12-11(22-9(2)19)7-16(3,18)10-5-6-17(4,21)13(10)14(12)23-15(8)20/h10-14,21H,1,5-7H2,2-4H3/t10-,11-,12-,13+,14+,16-,17-/m1/s1. The second-order valence-corrected chi connectivity index (χ2v) is 8.44. The van der Waals surface area contributed by atoms with Crippen LogP contribution in [0.3, 0.4) is 0 Å². The number of ether oxygens (including phenoxy) is 2. The Kier molecular flexibility index (Phi) is 3.80. The Labute approximate surface area is 141 Å². The van der Waals surface area contributed by atoms with E-state index in [1.807, 2.05) is 6.92 Å². The first kappa shape index (κ1) is 16.8. The highest BCUT2D eigenvalue weighted by atomic mass is 35.5. The van der Waals surface area contributed by atoms with Crippen LogP contribution in [0.4, 0.5) is 0 Å². The lowest BCUT2D eigenvalue weighted by atomic mass is 9.76. The average Bonchev–Trinajstić information content (AvgIpc) is 2.82. The van der Waals surface area contributed by atoms with Crippen molar-refractivity contribution in [3.05, 3.63) is 12.2 Å². The van der Waals surface area contributed by atoms with Gasteiger partial charge < -0.3 is 14.6 Å². The molecule has 128 valence electrons. The highest BCUT2D eigenvalue weighted by Crippen LogP contribution is 2.57. The van der Waals surface area contributed by atoms with Crippen LogP contribution in [0.1, 0.15) is 40.0 Å². The van der Waals surface area contributed by atoms with Crippen LogP contribution in [0, 0.1) is 17.8 Å². The van der Waals surface area contributed by atoms with Crippen molar-refractivity contribution >= 4 is 23.5 Å². The quantitative estimate of drug-likeness (QED) is 0.449. The van der Waals surface area contributed by atoms with E-state index in [-0.39, 0.29) is 11.8 Å². The lowest BCUT2D eigenvalue weighted by Crippen LogP contribution is -2.45. The Morgan fingerprint density at radius 3 is 2.74 bits per heavy atom. The third-order valence-electron chi connectivity index (χ3n) is 5.82. The molecule has 7 atom stereocenters. The van der Waals surface area contributed by atoms with Crippen molar-refractivity contribution in [2.75, 3.05) is 0 Å². The van der Waals surface area contributed by atoms with Gasteiger partial charge in [-0.2, -0.15) is 0 Å². The van der Waals surface area contributed by atoms with E-state index in [0.717, 1.165) is 6.42 Å². The summed E-state index contributed by atoms with van der Waals surface area (Å²) in [6.45, 7) is 8.85. The van der Waals surface area contributed by atoms with Crippen molar-refractivity contribution in [1.82, 2.24) is 0 Å². The fourth-order valence-electron chi connectivity index (χ4n) is 4.83. The Bertz CT molecular complexity index is 567. The molecule has 0 bridgehead atoms. The van der Waals surface area contributed by atoms with Crippen molar-refractivity contribution < 1.29 is 24.2 Å². The van der Waals surface area contributed by atoms with Crippen LogP contribution >= 0.6 is 11.6 Å². The SMILES string of the molecule is C=C1C(=O)O[C@H]2[C@H]1[C@H](OC(C)=O)C[C@@](C)(Cl)[C@@H]1CC[C@@](C)(O)[C@H]21. The van der Waals surface area contributed by atoms with E-state index >= 15 is 0 Å². The Morgan fingerprint density at radius 2 is 2.13 bits per heavy atom. The van der Waals surface area contributed by atoms with Crippen LogP contribution in [0.2, 0.25) is 0 Å². The molecule has 2 aliphatic carbocycles. The summed E-state index contributed by atoms with van der Waals surface area (Å²) in [5.74, 6) is -1.67. The van der Waals surface area contributed by atoms with Crippen LogP contribution in [-0.2, 0) is 19.1 Å². The number of hydrogen-bond acceptors (Lipinski definition) is 5. The monoisotopic (exact) mass is 342 g/mol. The maximum absolute atomic E-state index is 12.1. The summed E-state index contributed by atoms with van der Waals surface area (Å²) in [6.07, 6.45) is 0.638. The third kappa shape index (κ3) is 2.58. The number of alkyl halides is 1. The van der Waals surface area contributed by atoms with E-state index in [1.165, 1.54) is 6.92 Å². The molecule has 3 fully saturated rings. The number of halogens is 1. The minimum Gasteiger partial charge on any atom is -0.462 e. The zero-order chi connectivity index (χ0) is 17.2. The van der Waals surface area contributed by atoms with Gasteiger partial charge in [-0.05, 0) is 32.6 Å². The summed E-state index contributed by atoms with van der Waals surface area (Å²) in [7, 11) is 0. The first-order chi connectivity index (χ1) is 10.5. The number of aliphatic hydroxyl groups is 1. The zero-order valence-corrected chi connectivity index (χ0v) is 14.4. The van der Waals surface area contributed by atoms with Gasteiger partial charge in [0.1, 0.15) is 12.2 Å². The van der Waals surface area contributed by atoms with Gasteiger partial charge in [-0.3, -0.25) is 4.79 Å². The molecule has 6 heteroatoms. The van der Waals surface area contributed by atoms with Crippen molar-refractivity contribution in [2.45, 2.75) is 62.7 Å². The minimum absolute atomic E-state index is 0.0223. The molecule has 1 N–H and O–H groups in total. The lowest BCUT2D eigenvalue weighted by molar-refractivity contribution is -0.153. The molecule has 1 saturated heterocycles. The third-order valence-corrected chi connectivity index (χ3v) is 6.25. The van der Waals surface area contributed by atoms with E-state index in [4.69, 9.17) is 21.1 Å². The molecule has 2 saturated carbocycles. The molecule has 0 unspecified atom stereocenters. The first-order valence-corrected chi connectivity index (χ1v) is 8.40. The van der Waals surface area contributed by atoms with E-state index in [9.17, 15) is 14.7 Å². The summed E-state index contributed by atoms with van der Waals surface area (Å²) in [5, 5.41) is 10.8. The van der Waals surface area contributed by atoms with Crippen LogP contribution < -0.4 is 0 Å². The van der Waals surface area contributed by atoms with Crippen molar-refractivity contribution in [1.29, 1.82) is 0 Å². The number of fused-ring (bicyclic) bond motifs is 3. The van der Waals surface area contributed by atoms with Gasteiger partial charge in [0.15, 0.2) is 0 Å². The van der Waals surface area contributed by atoms with Crippen LogP contribution in [-0.4, -0.2) is 39.7 Å². The Balaban J connectivity index is 2.08. The molecule has 5 nitrogen and oxygen atoms in total. The van der Waals surface area contributed by atoms with Gasteiger partial charge in [0.2, 0.25) is 0 Å². The molecule has 0 amide bonds. The van der Waals surface area contributed by atoms with Gasteiger partial charge in [-0.15, -0.1) is 11.6 Å². The second kappa shape index (κ2) is 5.21. The summed E-state index contributed by atoms with van der Waals surface area (Å²) < 4.78 is 11.0. The maximum Gasteiger partial charge on any atom is 0.334 e. The Hall–Kier alpha value is -1.07. The topological polar surface area (TPSA) is 72.8 Å². The molecule has 0 aromatic carbocycles. The van der Waals surface area contributed by atoms with E-state index in [2.05, 4.69) is 6.58 Å². The van der Waals surface area contributed by atoms with Crippen LogP contribution in [0.5, 0.6) is 0 Å². The van der Waals surface area contributed by atoms with Gasteiger partial charge in [-0.25, -0.2) is 4.79 Å². The summed E-state index contributed by atoms with van der Waals surface area (Å²) in [6, 6.07) is 0. The van der Waals surface area contributed by atoms with E-state index in [1.54, 1.807) is 6.92 Å². The second-order valence-electron chi connectivity index (χ2n) is 7.58. The van der Waals surface area contributed by atoms with Crippen LogP contribution in [0.15, 0.2) is 12.2 Å². The summed E-state index contributed by atoms with van der Waals surface area (Å²) in [4.78, 5) is 22.9. The predicted octanol–water partition coefficient (Wildman–Crippen LogP) is 2.19. The number of esters is 2. The van der Waals surface area contributed by atoms with Gasteiger partial charge in [-0.1, -0.05) is 6.58 Å². The summed E-state index contributed by atoms with van der Waals surface area (Å²) in [5.41, 5.74) is -0.670. The molecule has 0 aromatic rings. The predicted molar refractivity (Wildman–Crippen MR) is 83.8 cm³/mol. The van der Waals surface area contributed by atoms with E-state index in [0.29, 0.717) is 18.4 Å². The van der Waals surface area contributed by atoms with Crippen molar-refractivity contribution in [3.8, 4) is 0 Å². The zero-order valence-electron chi connectivity index (χ0n) is 13.7. The molecular weight excluding hydrogens is 320 g/mol. The lowest BCUT2D eigenvalue weighted by Gasteiger charge is -2.37. The van der Waals surface area contributed by atoms with Gasteiger partial charge in [0, 0.05) is 29.7 Å². The summed E-state index contributed by atoms with van der Waals surface area (Å²) >= 11 is 6.81. The number of carbonyl (C=O) groups excluding carboxylic acids is 2. The van der Waals surface area contributed by atoms with Gasteiger partial charge in [0.25, 0.3) is 0 Å². The van der Waals surface area contributed by atoms with Gasteiger partial charge >= 0.3 is 11.9 Å². The van der Waals surface area contributed by atoms with E-state index < -0.39 is 40.5 Å². The van der Waals surface area contributed by atoms with Crippen molar-refractivity contribution in [3.63, 3.8) is 0 Å². The largest absolute Gasteiger partial charge is 0.462 e. The molecule has 23 heavy (non-hydrogen) atoms. The fraction of sp³-hybridized carbons (Fsp3) is 0.765. The van der Waals surface area contributed by atoms with Crippen LogP contribution in [0.25, 0.3) is 0 Å². The maximum atomic E-state index is 12.1. The number of carbonyl (C=O) groups is 2. The first-order valence-electron chi connectivity index (χ1n) is 8.03. The number of hydrogen-bond donors (Lipinski definition) is 1. The molecule has 0 spiro atoms. The van der Waals surface area contributed by atoms with Gasteiger partial charge in [0.05, 0.1) is 11.5 Å². The molecular formula is C17H23ClO5. The smallest absolute Gasteiger partial charge is 0.334 e. The highest BCUT2D eigenvalue weighted by Gasteiger charge is 2.63. The minimum atomic E-state index is -0.972. The molecule has 3 rings (SSSR count). The average molecular weight is 343 g/mol. The fourth-order valence-corrected chi connectivity index (χ4v) is 5.22. The Morgan fingerprint density at radius 1 is 1.48 bits per heavy atom. The molecule has 1 aliphatic heterocycles. The normalized spacial score (nSPS) is 49.2. The highest BCUT2D eigenvalue weighted by molar-refractivity contribution is 6.24. The molecule has 0 radical (unpaired) electrons. The molecule has 0 aromatic heterocycles.